The van der Waals surface area contributed by atoms with Crippen LogP contribution < -0.4 is 5.73 Å². The Hall–Kier alpha value is -1.84. The molecule has 0 amide bonds. The number of nitrogens with zero attached hydrogens (tertiary/aromatic N) is 2. The van der Waals surface area contributed by atoms with Gasteiger partial charge in [-0.05, 0) is 6.07 Å². The summed E-state index contributed by atoms with van der Waals surface area (Å²) < 4.78 is 55.6. The molecule has 0 aliphatic heterocycles. The normalized spacial score (nSPS) is 10.8. The molecular weight excluding hydrogens is 265 g/mol. The van der Waals surface area contributed by atoms with Gasteiger partial charge in [0.2, 0.25) is 0 Å². The predicted octanol–water partition coefficient (Wildman–Crippen LogP) is 1.51. The summed E-state index contributed by atoms with van der Waals surface area (Å²) in [6.07, 6.45) is -6.36. The molecule has 10 heteroatoms. The fourth-order valence-corrected chi connectivity index (χ4v) is 0.635. The van der Waals surface area contributed by atoms with Crippen molar-refractivity contribution < 1.29 is 31.9 Å². The van der Waals surface area contributed by atoms with Crippen LogP contribution in [0.4, 0.5) is 22.0 Å². The minimum atomic E-state index is -5.08. The summed E-state index contributed by atoms with van der Waals surface area (Å²) in [6, 6.07) is 1.17. The van der Waals surface area contributed by atoms with Crippen molar-refractivity contribution in [3.8, 4) is 0 Å². The van der Waals surface area contributed by atoms with Gasteiger partial charge in [-0.1, -0.05) is 0 Å². The zero-order chi connectivity index (χ0) is 14.3. The Labute approximate surface area is 97.5 Å². The van der Waals surface area contributed by atoms with Crippen molar-refractivity contribution in [3.05, 3.63) is 23.8 Å². The van der Waals surface area contributed by atoms with Gasteiger partial charge < -0.3 is 10.8 Å². The highest BCUT2D eigenvalue weighted by molar-refractivity contribution is 5.73. The molecule has 1 aromatic rings. The predicted molar refractivity (Wildman–Crippen MR) is 48.6 cm³/mol. The molecule has 0 fully saturated rings. The molecule has 1 heterocycles. The summed E-state index contributed by atoms with van der Waals surface area (Å²) in [7, 11) is 0. The first-order chi connectivity index (χ1) is 8.18. The molecule has 0 aliphatic carbocycles. The zero-order valence-corrected chi connectivity index (χ0v) is 8.66. The van der Waals surface area contributed by atoms with E-state index in [4.69, 9.17) is 15.6 Å². The standard InChI is InChI=1S/C6H7F2N3.C2HF3O2/c7-6(8)4-1-2-10-5(3-9)11-4;3-2(4,5)1(6)7/h1-2,6H,3,9H2;(H,6,7). The lowest BCUT2D eigenvalue weighted by atomic mass is 10.4. The molecule has 18 heavy (non-hydrogen) atoms. The summed E-state index contributed by atoms with van der Waals surface area (Å²) >= 11 is 0. The molecule has 0 aromatic carbocycles. The van der Waals surface area contributed by atoms with Gasteiger partial charge in [-0.15, -0.1) is 0 Å². The molecule has 0 unspecified atom stereocenters. The number of aromatic nitrogens is 2. The molecule has 5 nitrogen and oxygen atoms in total. The molecule has 0 saturated heterocycles. The number of carboxylic acids is 1. The van der Waals surface area contributed by atoms with E-state index in [9.17, 15) is 22.0 Å². The Morgan fingerprint density at radius 2 is 1.94 bits per heavy atom. The van der Waals surface area contributed by atoms with Crippen LogP contribution in [0.2, 0.25) is 0 Å². The van der Waals surface area contributed by atoms with Crippen molar-refractivity contribution in [3.63, 3.8) is 0 Å². The second-order valence-electron chi connectivity index (χ2n) is 2.71. The summed E-state index contributed by atoms with van der Waals surface area (Å²) in [6.45, 7) is 0.0839. The smallest absolute Gasteiger partial charge is 0.475 e. The first-order valence-corrected chi connectivity index (χ1v) is 4.28. The van der Waals surface area contributed by atoms with Gasteiger partial charge in [0.15, 0.2) is 0 Å². The minimum Gasteiger partial charge on any atom is -0.475 e. The second-order valence-corrected chi connectivity index (χ2v) is 2.71. The van der Waals surface area contributed by atoms with Crippen LogP contribution in [0.15, 0.2) is 12.3 Å². The van der Waals surface area contributed by atoms with Crippen LogP contribution in [-0.2, 0) is 11.3 Å². The second kappa shape index (κ2) is 6.79. The van der Waals surface area contributed by atoms with Crippen molar-refractivity contribution >= 4 is 5.97 Å². The molecule has 102 valence electrons. The van der Waals surface area contributed by atoms with E-state index in [-0.39, 0.29) is 18.1 Å². The zero-order valence-electron chi connectivity index (χ0n) is 8.66. The fourth-order valence-electron chi connectivity index (χ4n) is 0.635. The molecule has 0 saturated carbocycles. The number of hydrogen-bond acceptors (Lipinski definition) is 4. The van der Waals surface area contributed by atoms with E-state index < -0.39 is 18.6 Å². The molecule has 1 rings (SSSR count). The molecule has 0 aliphatic rings. The third kappa shape index (κ3) is 6.03. The van der Waals surface area contributed by atoms with Crippen LogP contribution in [0.25, 0.3) is 0 Å². The third-order valence-corrected chi connectivity index (χ3v) is 1.38. The van der Waals surface area contributed by atoms with Gasteiger partial charge in [-0.3, -0.25) is 0 Å². The van der Waals surface area contributed by atoms with Crippen molar-refractivity contribution in [1.82, 2.24) is 9.97 Å². The number of nitrogens with two attached hydrogens (primary N) is 1. The monoisotopic (exact) mass is 273 g/mol. The molecule has 0 spiro atoms. The number of aliphatic carboxylic acids is 1. The number of rotatable bonds is 2. The Balaban J connectivity index is 0.000000360. The number of carboxylic acid groups (broad SMARTS) is 1. The van der Waals surface area contributed by atoms with Gasteiger partial charge in [-0.2, -0.15) is 13.2 Å². The highest BCUT2D eigenvalue weighted by atomic mass is 19.4. The highest BCUT2D eigenvalue weighted by Crippen LogP contribution is 2.14. The van der Waals surface area contributed by atoms with Crippen LogP contribution >= 0.6 is 0 Å². The number of carbonyl (C=O) groups is 1. The van der Waals surface area contributed by atoms with Gasteiger partial charge in [0, 0.05) is 6.20 Å². The van der Waals surface area contributed by atoms with Crippen LogP contribution in [0.1, 0.15) is 17.9 Å². The van der Waals surface area contributed by atoms with E-state index in [1.165, 1.54) is 12.3 Å². The lowest BCUT2D eigenvalue weighted by molar-refractivity contribution is -0.192. The topological polar surface area (TPSA) is 89.1 Å². The van der Waals surface area contributed by atoms with E-state index in [1.54, 1.807) is 0 Å². The maximum Gasteiger partial charge on any atom is 0.490 e. The Morgan fingerprint density at radius 1 is 1.44 bits per heavy atom. The molecule has 0 atom stereocenters. The average molecular weight is 273 g/mol. The molecule has 0 radical (unpaired) electrons. The van der Waals surface area contributed by atoms with Crippen molar-refractivity contribution in [2.75, 3.05) is 0 Å². The van der Waals surface area contributed by atoms with E-state index in [0.717, 1.165) is 0 Å². The first-order valence-electron chi connectivity index (χ1n) is 4.28. The summed E-state index contributed by atoms with van der Waals surface area (Å²) in [5, 5.41) is 7.12. The maximum atomic E-state index is 12.0. The number of hydrogen-bond donors (Lipinski definition) is 2. The van der Waals surface area contributed by atoms with E-state index in [2.05, 4.69) is 9.97 Å². The first kappa shape index (κ1) is 16.2. The summed E-state index contributed by atoms with van der Waals surface area (Å²) in [5.41, 5.74) is 4.87. The SMILES string of the molecule is NCc1nccc(C(F)F)n1.O=C(O)C(F)(F)F. The van der Waals surface area contributed by atoms with E-state index >= 15 is 0 Å². The quantitative estimate of drug-likeness (QED) is 0.797. The largest absolute Gasteiger partial charge is 0.490 e. The highest BCUT2D eigenvalue weighted by Gasteiger charge is 2.38. The summed E-state index contributed by atoms with van der Waals surface area (Å²) in [4.78, 5) is 16.1. The van der Waals surface area contributed by atoms with Crippen molar-refractivity contribution in [2.45, 2.75) is 19.1 Å². The van der Waals surface area contributed by atoms with E-state index in [1.807, 2.05) is 0 Å². The number of alkyl halides is 5. The van der Waals surface area contributed by atoms with Crippen LogP contribution in [-0.4, -0.2) is 27.2 Å². The van der Waals surface area contributed by atoms with E-state index in [0.29, 0.717) is 0 Å². The Morgan fingerprint density at radius 3 is 2.28 bits per heavy atom. The van der Waals surface area contributed by atoms with Gasteiger partial charge in [0.05, 0.1) is 6.54 Å². The maximum absolute atomic E-state index is 12.0. The Bertz CT molecular complexity index is 397. The van der Waals surface area contributed by atoms with Gasteiger partial charge in [0.25, 0.3) is 6.43 Å². The lowest BCUT2D eigenvalue weighted by Crippen LogP contribution is -2.21. The molecule has 0 bridgehead atoms. The van der Waals surface area contributed by atoms with Gasteiger partial charge in [0.1, 0.15) is 11.5 Å². The van der Waals surface area contributed by atoms with Crippen LogP contribution in [0, 0.1) is 0 Å². The van der Waals surface area contributed by atoms with Crippen LogP contribution in [0.3, 0.4) is 0 Å². The van der Waals surface area contributed by atoms with Gasteiger partial charge in [-0.25, -0.2) is 23.5 Å². The fraction of sp³-hybridized carbons (Fsp3) is 0.375. The minimum absolute atomic E-state index is 0.0839. The molecule has 3 N–H and O–H groups in total. The summed E-state index contributed by atoms with van der Waals surface area (Å²) in [5.74, 6) is -2.52. The number of halogens is 5. The van der Waals surface area contributed by atoms with Crippen LogP contribution in [0.5, 0.6) is 0 Å². The third-order valence-electron chi connectivity index (χ3n) is 1.38. The van der Waals surface area contributed by atoms with Crippen molar-refractivity contribution in [2.24, 2.45) is 5.73 Å². The molecular formula is C8H8F5N3O2. The average Bonchev–Trinajstić information content (AvgIpc) is 2.28. The lowest BCUT2D eigenvalue weighted by Gasteiger charge is -1.98. The van der Waals surface area contributed by atoms with Crippen molar-refractivity contribution in [1.29, 1.82) is 0 Å². The molecule has 1 aromatic heterocycles. The Kier molecular flexibility index (Phi) is 6.09. The van der Waals surface area contributed by atoms with Gasteiger partial charge >= 0.3 is 12.1 Å².